The van der Waals surface area contributed by atoms with Crippen LogP contribution in [0.25, 0.3) is 0 Å². The summed E-state index contributed by atoms with van der Waals surface area (Å²) < 4.78 is 12.6. The molecule has 0 bridgehead atoms. The van der Waals surface area contributed by atoms with Crippen LogP contribution in [0, 0.1) is 5.82 Å². The minimum atomic E-state index is -0.350. The Balaban J connectivity index is 2.23. The van der Waals surface area contributed by atoms with E-state index in [4.69, 9.17) is 5.11 Å². The Labute approximate surface area is 99.8 Å². The molecule has 0 radical (unpaired) electrons. The van der Waals surface area contributed by atoms with Crippen LogP contribution in [0.5, 0.6) is 0 Å². The summed E-state index contributed by atoms with van der Waals surface area (Å²) in [5, 5.41) is 14.2. The van der Waals surface area contributed by atoms with Crippen molar-refractivity contribution < 1.29 is 14.3 Å². The van der Waals surface area contributed by atoms with Crippen LogP contribution in [0.4, 0.5) is 14.9 Å². The predicted octanol–water partition coefficient (Wildman–Crippen LogP) is 2.11. The van der Waals surface area contributed by atoms with E-state index >= 15 is 0 Å². The maximum Gasteiger partial charge on any atom is 0.319 e. The number of benzene rings is 1. The first-order valence-corrected chi connectivity index (χ1v) is 5.56. The first-order valence-electron chi connectivity index (χ1n) is 5.56. The Morgan fingerprint density at radius 3 is 2.65 bits per heavy atom. The highest BCUT2D eigenvalue weighted by atomic mass is 19.1. The zero-order chi connectivity index (χ0) is 12.7. The van der Waals surface area contributed by atoms with Crippen LogP contribution in [-0.2, 0) is 0 Å². The SMILES string of the molecule is CC(O)CCCNC(=O)Nc1ccc(F)cc1. The molecule has 4 nitrogen and oxygen atoms in total. The Hall–Kier alpha value is -1.62. The summed E-state index contributed by atoms with van der Waals surface area (Å²) in [5.41, 5.74) is 0.541. The van der Waals surface area contributed by atoms with Gasteiger partial charge < -0.3 is 15.7 Å². The van der Waals surface area contributed by atoms with E-state index in [0.29, 0.717) is 25.1 Å². The Kier molecular flexibility index (Phi) is 5.42. The molecule has 1 unspecified atom stereocenters. The van der Waals surface area contributed by atoms with Crippen molar-refractivity contribution in [3.05, 3.63) is 30.1 Å². The van der Waals surface area contributed by atoms with E-state index < -0.39 is 0 Å². The molecule has 1 rings (SSSR count). The van der Waals surface area contributed by atoms with Crippen LogP contribution in [0.2, 0.25) is 0 Å². The lowest BCUT2D eigenvalue weighted by Gasteiger charge is -2.08. The molecule has 0 aliphatic heterocycles. The van der Waals surface area contributed by atoms with Crippen molar-refractivity contribution in [3.8, 4) is 0 Å². The van der Waals surface area contributed by atoms with Crippen LogP contribution >= 0.6 is 0 Å². The van der Waals surface area contributed by atoms with Gasteiger partial charge in [-0.1, -0.05) is 0 Å². The number of halogens is 1. The molecule has 3 N–H and O–H groups in total. The summed E-state index contributed by atoms with van der Waals surface area (Å²) >= 11 is 0. The normalized spacial score (nSPS) is 11.9. The molecule has 1 atom stereocenters. The Morgan fingerprint density at radius 1 is 1.41 bits per heavy atom. The summed E-state index contributed by atoms with van der Waals surface area (Å²) in [6.45, 7) is 2.20. The number of nitrogens with one attached hydrogen (secondary N) is 2. The van der Waals surface area contributed by atoms with Gasteiger partial charge in [-0.25, -0.2) is 9.18 Å². The molecule has 0 heterocycles. The van der Waals surface area contributed by atoms with Gasteiger partial charge >= 0.3 is 6.03 Å². The quantitative estimate of drug-likeness (QED) is 0.690. The number of aliphatic hydroxyl groups excluding tert-OH is 1. The average Bonchev–Trinajstić information content (AvgIpc) is 2.27. The van der Waals surface area contributed by atoms with Gasteiger partial charge in [-0.3, -0.25) is 0 Å². The summed E-state index contributed by atoms with van der Waals surface area (Å²) in [7, 11) is 0. The minimum absolute atomic E-state index is 0.331. The summed E-state index contributed by atoms with van der Waals surface area (Å²) in [6, 6.07) is 5.21. The molecule has 1 aromatic rings. The number of hydrogen-bond donors (Lipinski definition) is 3. The van der Waals surface area contributed by atoms with Gasteiger partial charge in [-0.2, -0.15) is 0 Å². The van der Waals surface area contributed by atoms with Crippen molar-refractivity contribution in [2.75, 3.05) is 11.9 Å². The highest BCUT2D eigenvalue weighted by molar-refractivity contribution is 5.89. The van der Waals surface area contributed by atoms with Crippen molar-refractivity contribution in [2.45, 2.75) is 25.9 Å². The second-order valence-corrected chi connectivity index (χ2v) is 3.88. The van der Waals surface area contributed by atoms with Gasteiger partial charge in [-0.15, -0.1) is 0 Å². The molecule has 0 spiro atoms. The molecule has 1 aromatic carbocycles. The molecular weight excluding hydrogens is 223 g/mol. The molecule has 0 aliphatic rings. The number of hydrogen-bond acceptors (Lipinski definition) is 2. The van der Waals surface area contributed by atoms with E-state index in [1.807, 2.05) is 0 Å². The number of urea groups is 1. The van der Waals surface area contributed by atoms with Crippen molar-refractivity contribution in [2.24, 2.45) is 0 Å². The molecule has 0 fully saturated rings. The van der Waals surface area contributed by atoms with E-state index in [9.17, 15) is 9.18 Å². The molecule has 17 heavy (non-hydrogen) atoms. The largest absolute Gasteiger partial charge is 0.393 e. The van der Waals surface area contributed by atoms with Crippen molar-refractivity contribution in [1.29, 1.82) is 0 Å². The lowest BCUT2D eigenvalue weighted by atomic mass is 10.2. The van der Waals surface area contributed by atoms with Crippen LogP contribution in [0.15, 0.2) is 24.3 Å². The van der Waals surface area contributed by atoms with Crippen molar-refractivity contribution >= 4 is 11.7 Å². The minimum Gasteiger partial charge on any atom is -0.393 e. The maximum atomic E-state index is 12.6. The first-order chi connectivity index (χ1) is 8.08. The van der Waals surface area contributed by atoms with Gasteiger partial charge in [0, 0.05) is 12.2 Å². The third-order valence-corrected chi connectivity index (χ3v) is 2.19. The van der Waals surface area contributed by atoms with Crippen LogP contribution in [0.3, 0.4) is 0 Å². The molecule has 0 saturated carbocycles. The average molecular weight is 240 g/mol. The van der Waals surface area contributed by atoms with Crippen molar-refractivity contribution in [1.82, 2.24) is 5.32 Å². The smallest absolute Gasteiger partial charge is 0.319 e. The number of carbonyl (C=O) groups excluding carboxylic acids is 1. The second kappa shape index (κ2) is 6.85. The molecule has 0 aromatic heterocycles. The van der Waals surface area contributed by atoms with Crippen LogP contribution in [-0.4, -0.2) is 23.8 Å². The standard InChI is InChI=1S/C12H17FN2O2/c1-9(16)3-2-8-14-12(17)15-11-6-4-10(13)5-7-11/h4-7,9,16H,2-3,8H2,1H3,(H2,14,15,17). The molecule has 2 amide bonds. The summed E-state index contributed by atoms with van der Waals surface area (Å²) in [4.78, 5) is 11.4. The fourth-order valence-electron chi connectivity index (χ4n) is 1.31. The lowest BCUT2D eigenvalue weighted by Crippen LogP contribution is -2.29. The van der Waals surface area contributed by atoms with Crippen molar-refractivity contribution in [3.63, 3.8) is 0 Å². The zero-order valence-corrected chi connectivity index (χ0v) is 9.74. The van der Waals surface area contributed by atoms with Gasteiger partial charge in [-0.05, 0) is 44.0 Å². The third kappa shape index (κ3) is 5.87. The van der Waals surface area contributed by atoms with Gasteiger partial charge in [0.25, 0.3) is 0 Å². The number of anilines is 1. The number of rotatable bonds is 5. The fraction of sp³-hybridized carbons (Fsp3) is 0.417. The van der Waals surface area contributed by atoms with Gasteiger partial charge in [0.1, 0.15) is 5.82 Å². The molecular formula is C12H17FN2O2. The molecule has 94 valence electrons. The molecule has 0 saturated heterocycles. The van der Waals surface area contributed by atoms with Gasteiger partial charge in [0.05, 0.1) is 6.10 Å². The van der Waals surface area contributed by atoms with E-state index in [-0.39, 0.29) is 18.0 Å². The number of amides is 2. The van der Waals surface area contributed by atoms with Crippen LogP contribution < -0.4 is 10.6 Å². The third-order valence-electron chi connectivity index (χ3n) is 2.19. The number of carbonyl (C=O) groups is 1. The molecule has 5 heteroatoms. The van der Waals surface area contributed by atoms with E-state index in [1.165, 1.54) is 24.3 Å². The van der Waals surface area contributed by atoms with Crippen LogP contribution in [0.1, 0.15) is 19.8 Å². The summed E-state index contributed by atoms with van der Waals surface area (Å²) in [6.07, 6.45) is 1.02. The Bertz CT molecular complexity index is 352. The van der Waals surface area contributed by atoms with Gasteiger partial charge in [0.15, 0.2) is 0 Å². The highest BCUT2D eigenvalue weighted by Gasteiger charge is 2.01. The number of aliphatic hydroxyl groups is 1. The van der Waals surface area contributed by atoms with Gasteiger partial charge in [0.2, 0.25) is 0 Å². The first kappa shape index (κ1) is 13.4. The van der Waals surface area contributed by atoms with E-state index in [2.05, 4.69) is 10.6 Å². The monoisotopic (exact) mass is 240 g/mol. The zero-order valence-electron chi connectivity index (χ0n) is 9.74. The lowest BCUT2D eigenvalue weighted by molar-refractivity contribution is 0.181. The summed E-state index contributed by atoms with van der Waals surface area (Å²) in [5.74, 6) is -0.340. The van der Waals surface area contributed by atoms with E-state index in [1.54, 1.807) is 6.92 Å². The Morgan fingerprint density at radius 2 is 2.06 bits per heavy atom. The highest BCUT2D eigenvalue weighted by Crippen LogP contribution is 2.07. The van der Waals surface area contributed by atoms with E-state index in [0.717, 1.165) is 0 Å². The fourth-order valence-corrected chi connectivity index (χ4v) is 1.31. The topological polar surface area (TPSA) is 61.4 Å². The second-order valence-electron chi connectivity index (χ2n) is 3.88. The molecule has 0 aliphatic carbocycles. The predicted molar refractivity (Wildman–Crippen MR) is 64.3 cm³/mol. The maximum absolute atomic E-state index is 12.6.